The first-order valence-electron chi connectivity index (χ1n) is 5.72. The molecule has 0 aliphatic heterocycles. The Balaban J connectivity index is 2.97. The smallest absolute Gasteiger partial charge is 0.307 e. The van der Waals surface area contributed by atoms with Crippen molar-refractivity contribution >= 4 is 33.5 Å². The Bertz CT molecular complexity index is 423. The van der Waals surface area contributed by atoms with Gasteiger partial charge in [0.25, 0.3) is 0 Å². The summed E-state index contributed by atoms with van der Waals surface area (Å²) in [6.45, 7) is 2.19. The molecule has 1 aromatic carbocycles. The summed E-state index contributed by atoms with van der Waals surface area (Å²) in [5.41, 5.74) is 0.920. The molecule has 0 aromatic heterocycles. The standard InChI is InChI=1S/C13H17BrClNO2/c1-4-18-13(17)8-12(16(2)3)10-7-9(14)5-6-11(10)15/h5-7,12H,4,8H2,1-3H3. The Morgan fingerprint density at radius 1 is 1.50 bits per heavy atom. The average Bonchev–Trinajstić information content (AvgIpc) is 2.29. The fraction of sp³-hybridized carbons (Fsp3) is 0.462. The minimum absolute atomic E-state index is 0.0888. The van der Waals surface area contributed by atoms with Crippen molar-refractivity contribution < 1.29 is 9.53 Å². The van der Waals surface area contributed by atoms with Crippen molar-refractivity contribution in [2.24, 2.45) is 0 Å². The molecule has 3 nitrogen and oxygen atoms in total. The van der Waals surface area contributed by atoms with Crippen LogP contribution in [-0.2, 0) is 9.53 Å². The molecule has 0 aliphatic rings. The molecule has 0 spiro atoms. The Morgan fingerprint density at radius 3 is 2.72 bits per heavy atom. The molecule has 18 heavy (non-hydrogen) atoms. The van der Waals surface area contributed by atoms with Crippen LogP contribution in [0.5, 0.6) is 0 Å². The van der Waals surface area contributed by atoms with Crippen molar-refractivity contribution in [1.82, 2.24) is 4.90 Å². The van der Waals surface area contributed by atoms with Gasteiger partial charge in [-0.2, -0.15) is 0 Å². The molecule has 0 fully saturated rings. The summed E-state index contributed by atoms with van der Waals surface area (Å²) >= 11 is 9.61. The van der Waals surface area contributed by atoms with Gasteiger partial charge < -0.3 is 9.64 Å². The van der Waals surface area contributed by atoms with Gasteiger partial charge in [0, 0.05) is 15.5 Å². The number of ether oxygens (including phenoxy) is 1. The highest BCUT2D eigenvalue weighted by Crippen LogP contribution is 2.31. The SMILES string of the molecule is CCOC(=O)CC(c1cc(Br)ccc1Cl)N(C)C. The van der Waals surface area contributed by atoms with Crippen LogP contribution in [-0.4, -0.2) is 31.6 Å². The van der Waals surface area contributed by atoms with Crippen molar-refractivity contribution in [3.63, 3.8) is 0 Å². The number of esters is 1. The molecule has 0 radical (unpaired) electrons. The number of benzene rings is 1. The molecule has 100 valence electrons. The summed E-state index contributed by atoms with van der Waals surface area (Å²) in [5.74, 6) is -0.216. The van der Waals surface area contributed by atoms with Gasteiger partial charge in [-0.3, -0.25) is 4.79 Å². The molecule has 0 saturated heterocycles. The minimum Gasteiger partial charge on any atom is -0.466 e. The molecule has 1 rings (SSSR count). The zero-order valence-electron chi connectivity index (χ0n) is 10.7. The van der Waals surface area contributed by atoms with Gasteiger partial charge in [0.05, 0.1) is 13.0 Å². The van der Waals surface area contributed by atoms with Crippen molar-refractivity contribution in [1.29, 1.82) is 0 Å². The molecule has 0 saturated carbocycles. The highest BCUT2D eigenvalue weighted by atomic mass is 79.9. The summed E-state index contributed by atoms with van der Waals surface area (Å²) in [4.78, 5) is 13.6. The predicted octanol–water partition coefficient (Wildman–Crippen LogP) is 3.66. The van der Waals surface area contributed by atoms with E-state index in [2.05, 4.69) is 15.9 Å². The fourth-order valence-electron chi connectivity index (χ4n) is 1.72. The van der Waals surface area contributed by atoms with Crippen LogP contribution >= 0.6 is 27.5 Å². The predicted molar refractivity (Wildman–Crippen MR) is 76.8 cm³/mol. The molecule has 0 N–H and O–H groups in total. The van der Waals surface area contributed by atoms with Gasteiger partial charge in [-0.25, -0.2) is 0 Å². The lowest BCUT2D eigenvalue weighted by Gasteiger charge is -2.25. The maximum absolute atomic E-state index is 11.6. The average molecular weight is 335 g/mol. The lowest BCUT2D eigenvalue weighted by atomic mass is 10.0. The lowest BCUT2D eigenvalue weighted by Crippen LogP contribution is -2.24. The molecule has 0 bridgehead atoms. The van der Waals surface area contributed by atoms with Gasteiger partial charge in [0.2, 0.25) is 0 Å². The number of nitrogens with zero attached hydrogens (tertiary/aromatic N) is 1. The molecule has 0 aliphatic carbocycles. The maximum Gasteiger partial charge on any atom is 0.307 e. The zero-order valence-corrected chi connectivity index (χ0v) is 13.1. The van der Waals surface area contributed by atoms with Crippen LogP contribution < -0.4 is 0 Å². The first-order valence-corrected chi connectivity index (χ1v) is 6.89. The van der Waals surface area contributed by atoms with Gasteiger partial charge >= 0.3 is 5.97 Å². The second-order valence-electron chi connectivity index (χ2n) is 4.15. The third-order valence-corrected chi connectivity index (χ3v) is 3.44. The monoisotopic (exact) mass is 333 g/mol. The molecule has 0 heterocycles. The Kier molecular flexibility index (Phi) is 6.12. The van der Waals surface area contributed by atoms with E-state index in [4.69, 9.17) is 16.3 Å². The van der Waals surface area contributed by atoms with Crippen molar-refractivity contribution in [2.75, 3.05) is 20.7 Å². The van der Waals surface area contributed by atoms with E-state index >= 15 is 0 Å². The summed E-state index contributed by atoms with van der Waals surface area (Å²) < 4.78 is 5.94. The van der Waals surface area contributed by atoms with E-state index in [1.165, 1.54) is 0 Å². The first-order chi connectivity index (χ1) is 8.45. The zero-order chi connectivity index (χ0) is 13.7. The Hall–Kier alpha value is -0.580. The van der Waals surface area contributed by atoms with Crippen LogP contribution in [0.4, 0.5) is 0 Å². The largest absolute Gasteiger partial charge is 0.466 e. The van der Waals surface area contributed by atoms with E-state index in [0.717, 1.165) is 10.0 Å². The molecule has 1 atom stereocenters. The first kappa shape index (κ1) is 15.5. The second kappa shape index (κ2) is 7.12. The third-order valence-electron chi connectivity index (χ3n) is 2.61. The van der Waals surface area contributed by atoms with Crippen LogP contribution in [0, 0.1) is 0 Å². The summed E-state index contributed by atoms with van der Waals surface area (Å²) in [6.07, 6.45) is 0.289. The van der Waals surface area contributed by atoms with Gasteiger partial charge in [-0.05, 0) is 44.8 Å². The molecular formula is C13H17BrClNO2. The number of hydrogen-bond acceptors (Lipinski definition) is 3. The highest BCUT2D eigenvalue weighted by molar-refractivity contribution is 9.10. The van der Waals surface area contributed by atoms with Crippen LogP contribution in [0.15, 0.2) is 22.7 Å². The molecule has 1 unspecified atom stereocenters. The minimum atomic E-state index is -0.216. The topological polar surface area (TPSA) is 29.5 Å². The van der Waals surface area contributed by atoms with E-state index in [0.29, 0.717) is 11.6 Å². The summed E-state index contributed by atoms with van der Waals surface area (Å²) in [6, 6.07) is 5.55. The van der Waals surface area contributed by atoms with Crippen molar-refractivity contribution in [3.05, 3.63) is 33.3 Å². The number of halogens is 2. The molecule has 0 amide bonds. The van der Waals surface area contributed by atoms with Gasteiger partial charge in [-0.15, -0.1) is 0 Å². The summed E-state index contributed by atoms with van der Waals surface area (Å²) in [7, 11) is 3.84. The summed E-state index contributed by atoms with van der Waals surface area (Å²) in [5, 5.41) is 0.654. The number of carbonyl (C=O) groups excluding carboxylic acids is 1. The van der Waals surface area contributed by atoms with Crippen molar-refractivity contribution in [3.8, 4) is 0 Å². The maximum atomic E-state index is 11.6. The van der Waals surface area contributed by atoms with E-state index in [-0.39, 0.29) is 18.4 Å². The molecular weight excluding hydrogens is 318 g/mol. The van der Waals surface area contributed by atoms with Crippen LogP contribution in [0.25, 0.3) is 0 Å². The van der Waals surface area contributed by atoms with Gasteiger partial charge in [-0.1, -0.05) is 27.5 Å². The van der Waals surface area contributed by atoms with E-state index in [1.807, 2.05) is 37.2 Å². The van der Waals surface area contributed by atoms with Crippen LogP contribution in [0.1, 0.15) is 24.9 Å². The lowest BCUT2D eigenvalue weighted by molar-refractivity contribution is -0.144. The molecule has 5 heteroatoms. The Labute approximate surface area is 121 Å². The van der Waals surface area contributed by atoms with Crippen LogP contribution in [0.2, 0.25) is 5.02 Å². The number of rotatable bonds is 5. The molecule has 1 aromatic rings. The van der Waals surface area contributed by atoms with E-state index in [9.17, 15) is 4.79 Å². The van der Waals surface area contributed by atoms with Crippen molar-refractivity contribution in [2.45, 2.75) is 19.4 Å². The quantitative estimate of drug-likeness (QED) is 0.770. The Morgan fingerprint density at radius 2 is 2.17 bits per heavy atom. The second-order valence-corrected chi connectivity index (χ2v) is 5.48. The van der Waals surface area contributed by atoms with Gasteiger partial charge in [0.1, 0.15) is 0 Å². The van der Waals surface area contributed by atoms with Gasteiger partial charge in [0.15, 0.2) is 0 Å². The normalized spacial score (nSPS) is 12.6. The van der Waals surface area contributed by atoms with Crippen LogP contribution in [0.3, 0.4) is 0 Å². The van der Waals surface area contributed by atoms with E-state index < -0.39 is 0 Å². The third kappa shape index (κ3) is 4.26. The van der Waals surface area contributed by atoms with E-state index in [1.54, 1.807) is 6.92 Å². The number of hydrogen-bond donors (Lipinski definition) is 0. The fourth-order valence-corrected chi connectivity index (χ4v) is 2.34. The highest BCUT2D eigenvalue weighted by Gasteiger charge is 2.21. The number of carbonyl (C=O) groups is 1.